The standard InChI is InChI=1S/C19H15Cl2NO4/c1-11(23)12-2-5-15(6-3-12)26-19(25)13-8-18(24)22(10-13)17-9-14(20)4-7-16(17)21/h2-7,9,13H,8,10H2,1H3/t13-/m0/s1. The van der Waals surface area contributed by atoms with Gasteiger partial charge >= 0.3 is 5.97 Å². The summed E-state index contributed by atoms with van der Waals surface area (Å²) in [5.41, 5.74) is 1.01. The van der Waals surface area contributed by atoms with E-state index in [0.29, 0.717) is 27.0 Å². The Hall–Kier alpha value is -2.37. The van der Waals surface area contributed by atoms with Gasteiger partial charge in [-0.25, -0.2) is 0 Å². The van der Waals surface area contributed by atoms with Crippen molar-refractivity contribution >= 4 is 46.5 Å². The molecule has 2 aromatic carbocycles. The van der Waals surface area contributed by atoms with Crippen molar-refractivity contribution < 1.29 is 19.1 Å². The second-order valence-electron chi connectivity index (χ2n) is 6.00. The fourth-order valence-corrected chi connectivity index (χ4v) is 3.13. The third-order valence-electron chi connectivity index (χ3n) is 4.14. The van der Waals surface area contributed by atoms with Crippen LogP contribution in [-0.4, -0.2) is 24.2 Å². The molecule has 7 heteroatoms. The summed E-state index contributed by atoms with van der Waals surface area (Å²) in [5, 5.41) is 0.838. The molecule has 26 heavy (non-hydrogen) atoms. The molecule has 2 aromatic rings. The van der Waals surface area contributed by atoms with Gasteiger partial charge in [0.05, 0.1) is 16.6 Å². The number of carbonyl (C=O) groups excluding carboxylic acids is 3. The zero-order chi connectivity index (χ0) is 18.8. The Morgan fingerprint density at radius 2 is 1.81 bits per heavy atom. The van der Waals surface area contributed by atoms with Crippen molar-refractivity contribution in [2.24, 2.45) is 5.92 Å². The summed E-state index contributed by atoms with van der Waals surface area (Å²) in [6, 6.07) is 11.1. The highest BCUT2D eigenvalue weighted by atomic mass is 35.5. The molecule has 0 radical (unpaired) electrons. The predicted molar refractivity (Wildman–Crippen MR) is 99.0 cm³/mol. The van der Waals surface area contributed by atoms with Gasteiger partial charge in [0.15, 0.2) is 5.78 Å². The van der Waals surface area contributed by atoms with Crippen molar-refractivity contribution in [1.29, 1.82) is 0 Å². The fraction of sp³-hybridized carbons (Fsp3) is 0.211. The molecular weight excluding hydrogens is 377 g/mol. The van der Waals surface area contributed by atoms with Gasteiger partial charge in [0.1, 0.15) is 5.75 Å². The van der Waals surface area contributed by atoms with E-state index < -0.39 is 11.9 Å². The fourth-order valence-electron chi connectivity index (χ4n) is 2.75. The highest BCUT2D eigenvalue weighted by molar-refractivity contribution is 6.35. The van der Waals surface area contributed by atoms with Crippen LogP contribution in [0.4, 0.5) is 5.69 Å². The number of rotatable bonds is 4. The van der Waals surface area contributed by atoms with Gasteiger partial charge in [0, 0.05) is 23.6 Å². The molecule has 1 aliphatic heterocycles. The second-order valence-corrected chi connectivity index (χ2v) is 6.85. The monoisotopic (exact) mass is 391 g/mol. The third-order valence-corrected chi connectivity index (χ3v) is 4.69. The molecule has 134 valence electrons. The van der Waals surface area contributed by atoms with Crippen LogP contribution in [0.25, 0.3) is 0 Å². The number of carbonyl (C=O) groups is 3. The number of hydrogen-bond acceptors (Lipinski definition) is 4. The van der Waals surface area contributed by atoms with Crippen molar-refractivity contribution in [2.45, 2.75) is 13.3 Å². The first-order chi connectivity index (χ1) is 12.3. The van der Waals surface area contributed by atoms with Crippen molar-refractivity contribution in [3.63, 3.8) is 0 Å². The van der Waals surface area contributed by atoms with Crippen LogP contribution in [0.5, 0.6) is 5.75 Å². The topological polar surface area (TPSA) is 63.7 Å². The third kappa shape index (κ3) is 3.89. The van der Waals surface area contributed by atoms with E-state index in [9.17, 15) is 14.4 Å². The summed E-state index contributed by atoms with van der Waals surface area (Å²) in [6.07, 6.45) is 0.0349. The first-order valence-electron chi connectivity index (χ1n) is 7.93. The second kappa shape index (κ2) is 7.48. The molecule has 0 bridgehead atoms. The summed E-state index contributed by atoms with van der Waals surface area (Å²) < 4.78 is 5.33. The largest absolute Gasteiger partial charge is 0.426 e. The molecule has 1 atom stereocenters. The molecular formula is C19H15Cl2NO4. The number of ketones is 1. The number of amides is 1. The molecule has 0 N–H and O–H groups in total. The maximum Gasteiger partial charge on any atom is 0.316 e. The van der Waals surface area contributed by atoms with Gasteiger partial charge in [0.2, 0.25) is 5.91 Å². The first-order valence-corrected chi connectivity index (χ1v) is 8.69. The highest BCUT2D eigenvalue weighted by Gasteiger charge is 2.37. The number of halogens is 2. The maximum absolute atomic E-state index is 12.4. The summed E-state index contributed by atoms with van der Waals surface area (Å²) in [4.78, 5) is 37.4. The van der Waals surface area contributed by atoms with E-state index in [-0.39, 0.29) is 24.7 Å². The molecule has 1 amide bonds. The number of ether oxygens (including phenoxy) is 1. The molecule has 0 unspecified atom stereocenters. The van der Waals surface area contributed by atoms with Crippen molar-refractivity contribution in [3.8, 4) is 5.75 Å². The number of anilines is 1. The molecule has 3 rings (SSSR count). The van der Waals surface area contributed by atoms with Crippen molar-refractivity contribution in [2.75, 3.05) is 11.4 Å². The minimum absolute atomic E-state index is 0.0349. The Morgan fingerprint density at radius 3 is 2.46 bits per heavy atom. The van der Waals surface area contributed by atoms with Crippen LogP contribution >= 0.6 is 23.2 Å². The summed E-state index contributed by atoms with van der Waals surface area (Å²) in [5.74, 6) is -1.08. The lowest BCUT2D eigenvalue weighted by molar-refractivity contribution is -0.139. The summed E-state index contributed by atoms with van der Waals surface area (Å²) in [7, 11) is 0. The zero-order valence-corrected chi connectivity index (χ0v) is 15.4. The molecule has 1 saturated heterocycles. The van der Waals surface area contributed by atoms with E-state index in [4.69, 9.17) is 27.9 Å². The molecule has 5 nitrogen and oxygen atoms in total. The van der Waals surface area contributed by atoms with Crippen LogP contribution in [0.3, 0.4) is 0 Å². The van der Waals surface area contributed by atoms with Crippen molar-refractivity contribution in [1.82, 2.24) is 0 Å². The lowest BCUT2D eigenvalue weighted by Crippen LogP contribution is -2.27. The Labute approximate surface area is 160 Å². The Bertz CT molecular complexity index is 880. The molecule has 1 fully saturated rings. The Kier molecular flexibility index (Phi) is 5.30. The quantitative estimate of drug-likeness (QED) is 0.446. The molecule has 1 aliphatic rings. The van der Waals surface area contributed by atoms with Gasteiger partial charge in [-0.1, -0.05) is 23.2 Å². The average molecular weight is 392 g/mol. The molecule has 0 aromatic heterocycles. The lowest BCUT2D eigenvalue weighted by Gasteiger charge is -2.18. The number of esters is 1. The normalized spacial score (nSPS) is 16.7. The Balaban J connectivity index is 1.70. The number of benzene rings is 2. The highest BCUT2D eigenvalue weighted by Crippen LogP contribution is 2.33. The smallest absolute Gasteiger partial charge is 0.316 e. The van der Waals surface area contributed by atoms with Crippen LogP contribution in [0.1, 0.15) is 23.7 Å². The molecule has 1 heterocycles. The molecule has 0 aliphatic carbocycles. The number of hydrogen-bond donors (Lipinski definition) is 0. The lowest BCUT2D eigenvalue weighted by atomic mass is 10.1. The summed E-state index contributed by atoms with van der Waals surface area (Å²) >= 11 is 12.1. The zero-order valence-electron chi connectivity index (χ0n) is 13.9. The van der Waals surface area contributed by atoms with Gasteiger partial charge in [-0.05, 0) is 49.4 Å². The molecule has 0 saturated carbocycles. The van der Waals surface area contributed by atoms with E-state index >= 15 is 0 Å². The van der Waals surface area contributed by atoms with E-state index in [1.54, 1.807) is 42.5 Å². The maximum atomic E-state index is 12.4. The minimum Gasteiger partial charge on any atom is -0.426 e. The minimum atomic E-state index is -0.606. The van der Waals surface area contributed by atoms with Gasteiger partial charge in [0.25, 0.3) is 0 Å². The van der Waals surface area contributed by atoms with Crippen molar-refractivity contribution in [3.05, 3.63) is 58.1 Å². The van der Waals surface area contributed by atoms with Crippen LogP contribution in [0.15, 0.2) is 42.5 Å². The molecule has 0 spiro atoms. The van der Waals surface area contributed by atoms with Gasteiger partial charge in [-0.15, -0.1) is 0 Å². The van der Waals surface area contributed by atoms with Crippen LogP contribution < -0.4 is 9.64 Å². The van der Waals surface area contributed by atoms with Crippen LogP contribution in [0.2, 0.25) is 10.0 Å². The Morgan fingerprint density at radius 1 is 1.12 bits per heavy atom. The average Bonchev–Trinajstić information content (AvgIpc) is 2.99. The number of Topliss-reactive ketones (excluding diaryl/α,β-unsaturated/α-hetero) is 1. The predicted octanol–water partition coefficient (Wildman–Crippen LogP) is 4.15. The van der Waals surface area contributed by atoms with E-state index in [1.807, 2.05) is 0 Å². The van der Waals surface area contributed by atoms with E-state index in [1.165, 1.54) is 11.8 Å². The summed E-state index contributed by atoms with van der Waals surface area (Å²) in [6.45, 7) is 1.63. The van der Waals surface area contributed by atoms with Gasteiger partial charge in [-0.3, -0.25) is 14.4 Å². The number of nitrogens with zero attached hydrogens (tertiary/aromatic N) is 1. The van der Waals surface area contributed by atoms with Gasteiger partial charge < -0.3 is 9.64 Å². The van der Waals surface area contributed by atoms with E-state index in [2.05, 4.69) is 0 Å². The van der Waals surface area contributed by atoms with Gasteiger partial charge in [-0.2, -0.15) is 0 Å². The van der Waals surface area contributed by atoms with E-state index in [0.717, 1.165) is 0 Å². The first kappa shape index (κ1) is 18.4. The van der Waals surface area contributed by atoms with Crippen LogP contribution in [-0.2, 0) is 9.59 Å². The SMILES string of the molecule is CC(=O)c1ccc(OC(=O)[C@H]2CC(=O)N(c3cc(Cl)ccc3Cl)C2)cc1. The van der Waals surface area contributed by atoms with Crippen LogP contribution in [0, 0.1) is 5.92 Å².